The van der Waals surface area contributed by atoms with Crippen molar-refractivity contribution in [1.29, 1.82) is 0 Å². The molecule has 0 aliphatic carbocycles. The fraction of sp³-hybridized carbons (Fsp3) is 0.562. The van der Waals surface area contributed by atoms with Crippen molar-refractivity contribution in [3.8, 4) is 5.75 Å². The Bertz CT molecular complexity index is 522. The molecule has 1 aromatic rings. The van der Waals surface area contributed by atoms with Crippen LogP contribution >= 0.6 is 0 Å². The molecule has 1 aliphatic heterocycles. The number of benzene rings is 1. The number of hydrogen-bond donors (Lipinski definition) is 1. The predicted molar refractivity (Wildman–Crippen MR) is 77.5 cm³/mol. The van der Waals surface area contributed by atoms with E-state index in [2.05, 4.69) is 13.8 Å². The number of carbonyl (C=O) groups is 1. The maximum atomic E-state index is 12.5. The van der Waals surface area contributed by atoms with Gasteiger partial charge in [-0.05, 0) is 31.5 Å². The van der Waals surface area contributed by atoms with E-state index in [-0.39, 0.29) is 16.9 Å². The van der Waals surface area contributed by atoms with Crippen molar-refractivity contribution in [3.05, 3.63) is 29.8 Å². The van der Waals surface area contributed by atoms with E-state index in [4.69, 9.17) is 4.74 Å². The van der Waals surface area contributed by atoms with Gasteiger partial charge in [0.25, 0.3) is 5.91 Å². The molecule has 110 valence electrons. The number of methoxy groups -OCH3 is 1. The van der Waals surface area contributed by atoms with Gasteiger partial charge < -0.3 is 14.7 Å². The van der Waals surface area contributed by atoms with Gasteiger partial charge in [-0.1, -0.05) is 26.0 Å². The minimum absolute atomic E-state index is 0.0662. The highest BCUT2D eigenvalue weighted by molar-refractivity contribution is 5.84. The summed E-state index contributed by atoms with van der Waals surface area (Å²) in [6.07, 6.45) is -1.14. The van der Waals surface area contributed by atoms with E-state index in [0.29, 0.717) is 17.9 Å². The Morgan fingerprint density at radius 2 is 2.00 bits per heavy atom. The van der Waals surface area contributed by atoms with Crippen molar-refractivity contribution < 1.29 is 14.6 Å². The molecule has 0 aromatic heterocycles. The topological polar surface area (TPSA) is 49.8 Å². The average Bonchev–Trinajstić information content (AvgIpc) is 2.43. The predicted octanol–water partition coefficient (Wildman–Crippen LogP) is 2.38. The van der Waals surface area contributed by atoms with E-state index in [1.807, 2.05) is 13.8 Å². The van der Waals surface area contributed by atoms with Gasteiger partial charge in [-0.2, -0.15) is 0 Å². The second-order valence-corrected chi connectivity index (χ2v) is 6.55. The van der Waals surface area contributed by atoms with Gasteiger partial charge in [0, 0.05) is 17.5 Å². The monoisotopic (exact) mass is 277 g/mol. The van der Waals surface area contributed by atoms with Gasteiger partial charge in [0.15, 0.2) is 6.10 Å². The number of nitrogens with zero attached hydrogens (tertiary/aromatic N) is 1. The number of likely N-dealkylation sites (tertiary alicyclic amines) is 1. The first kappa shape index (κ1) is 14.9. The zero-order chi connectivity index (χ0) is 15.1. The molecule has 2 rings (SSSR count). The van der Waals surface area contributed by atoms with Gasteiger partial charge in [-0.15, -0.1) is 0 Å². The van der Waals surface area contributed by atoms with Gasteiger partial charge in [0.05, 0.1) is 7.11 Å². The molecule has 1 unspecified atom stereocenters. The van der Waals surface area contributed by atoms with E-state index in [0.717, 1.165) is 0 Å². The number of aliphatic hydroxyl groups is 1. The number of aliphatic hydroxyl groups excluding tert-OH is 1. The third-order valence-electron chi connectivity index (χ3n) is 4.79. The quantitative estimate of drug-likeness (QED) is 0.923. The molecule has 1 heterocycles. The Morgan fingerprint density at radius 1 is 1.35 bits per heavy atom. The van der Waals surface area contributed by atoms with Crippen molar-refractivity contribution in [3.63, 3.8) is 0 Å². The summed E-state index contributed by atoms with van der Waals surface area (Å²) in [5.74, 6) is 0.389. The normalized spacial score (nSPS) is 21.0. The lowest BCUT2D eigenvalue weighted by molar-refractivity contribution is -0.176. The maximum Gasteiger partial charge on any atom is 0.256 e. The molecule has 1 amide bonds. The second-order valence-electron chi connectivity index (χ2n) is 6.55. The van der Waals surface area contributed by atoms with Crippen molar-refractivity contribution >= 4 is 5.91 Å². The zero-order valence-corrected chi connectivity index (χ0v) is 12.8. The van der Waals surface area contributed by atoms with Gasteiger partial charge in [-0.3, -0.25) is 4.79 Å². The van der Waals surface area contributed by atoms with Gasteiger partial charge in [0.1, 0.15) is 5.75 Å². The van der Waals surface area contributed by atoms with Crippen molar-refractivity contribution in [2.24, 2.45) is 5.41 Å². The van der Waals surface area contributed by atoms with E-state index >= 15 is 0 Å². The average molecular weight is 277 g/mol. The lowest BCUT2D eigenvalue weighted by Gasteiger charge is -2.61. The first-order valence-electron chi connectivity index (χ1n) is 6.84. The van der Waals surface area contributed by atoms with Crippen LogP contribution in [0.5, 0.6) is 5.75 Å². The summed E-state index contributed by atoms with van der Waals surface area (Å²) in [6, 6.07) is 7.00. The molecule has 4 nitrogen and oxygen atoms in total. The Morgan fingerprint density at radius 3 is 2.50 bits per heavy atom. The molecule has 20 heavy (non-hydrogen) atoms. The number of rotatable bonds is 3. The first-order chi connectivity index (χ1) is 9.20. The Balaban J connectivity index is 2.18. The SMILES string of the molecule is COc1cccc(C(O)C(=O)N2CC(C)(C)C2(C)C)c1. The number of hydrogen-bond acceptors (Lipinski definition) is 3. The lowest BCUT2D eigenvalue weighted by atomic mass is 9.65. The highest BCUT2D eigenvalue weighted by Gasteiger charge is 2.55. The lowest BCUT2D eigenvalue weighted by Crippen LogP contribution is -2.71. The molecular weight excluding hydrogens is 254 g/mol. The highest BCUT2D eigenvalue weighted by Crippen LogP contribution is 2.47. The van der Waals surface area contributed by atoms with Crippen molar-refractivity contribution in [2.45, 2.75) is 39.3 Å². The molecule has 0 radical (unpaired) electrons. The van der Waals surface area contributed by atoms with E-state index in [9.17, 15) is 9.90 Å². The van der Waals surface area contributed by atoms with Crippen LogP contribution in [0, 0.1) is 5.41 Å². The molecule has 1 atom stereocenters. The van der Waals surface area contributed by atoms with E-state index < -0.39 is 6.10 Å². The molecule has 1 fully saturated rings. The summed E-state index contributed by atoms with van der Waals surface area (Å²) in [4.78, 5) is 14.2. The van der Waals surface area contributed by atoms with Crippen LogP contribution in [0.25, 0.3) is 0 Å². The summed E-state index contributed by atoms with van der Waals surface area (Å²) in [6.45, 7) is 9.00. The van der Waals surface area contributed by atoms with E-state index in [1.165, 1.54) is 0 Å². The molecule has 1 N–H and O–H groups in total. The van der Waals surface area contributed by atoms with Crippen LogP contribution in [0.2, 0.25) is 0 Å². The highest BCUT2D eigenvalue weighted by atomic mass is 16.5. The number of amides is 1. The van der Waals surface area contributed by atoms with Crippen LogP contribution in [0.3, 0.4) is 0 Å². The molecule has 0 bridgehead atoms. The standard InChI is InChI=1S/C16H23NO3/c1-15(2)10-17(16(15,3)4)14(19)13(18)11-7-6-8-12(9-11)20-5/h6-9,13,18H,10H2,1-5H3. The van der Waals surface area contributed by atoms with Crippen LogP contribution in [0.4, 0.5) is 0 Å². The van der Waals surface area contributed by atoms with Crippen LogP contribution in [0.1, 0.15) is 39.4 Å². The maximum absolute atomic E-state index is 12.5. The summed E-state index contributed by atoms with van der Waals surface area (Å²) in [5.41, 5.74) is 0.385. The minimum Gasteiger partial charge on any atom is -0.497 e. The Labute approximate surface area is 120 Å². The summed E-state index contributed by atoms with van der Waals surface area (Å²) >= 11 is 0. The third-order valence-corrected chi connectivity index (χ3v) is 4.79. The fourth-order valence-electron chi connectivity index (χ4n) is 2.52. The Kier molecular flexibility index (Phi) is 3.54. The molecule has 1 aromatic carbocycles. The smallest absolute Gasteiger partial charge is 0.256 e. The molecule has 1 aliphatic rings. The summed E-state index contributed by atoms with van der Waals surface area (Å²) in [7, 11) is 1.56. The van der Waals surface area contributed by atoms with Crippen LogP contribution in [-0.4, -0.2) is 35.1 Å². The largest absolute Gasteiger partial charge is 0.497 e. The first-order valence-corrected chi connectivity index (χ1v) is 6.84. The third kappa shape index (κ3) is 2.18. The summed E-state index contributed by atoms with van der Waals surface area (Å²) in [5, 5.41) is 10.3. The fourth-order valence-corrected chi connectivity index (χ4v) is 2.52. The van der Waals surface area contributed by atoms with Crippen molar-refractivity contribution in [1.82, 2.24) is 4.90 Å². The Hall–Kier alpha value is -1.55. The number of carbonyl (C=O) groups excluding carboxylic acids is 1. The van der Waals surface area contributed by atoms with Gasteiger partial charge in [-0.25, -0.2) is 0 Å². The summed E-state index contributed by atoms with van der Waals surface area (Å²) < 4.78 is 5.12. The second kappa shape index (κ2) is 4.77. The molecule has 0 saturated carbocycles. The number of ether oxygens (including phenoxy) is 1. The molecule has 0 spiro atoms. The van der Waals surface area contributed by atoms with Gasteiger partial charge >= 0.3 is 0 Å². The molecule has 4 heteroatoms. The van der Waals surface area contributed by atoms with Crippen molar-refractivity contribution in [2.75, 3.05) is 13.7 Å². The minimum atomic E-state index is -1.14. The van der Waals surface area contributed by atoms with E-state index in [1.54, 1.807) is 36.3 Å². The van der Waals surface area contributed by atoms with Crippen LogP contribution < -0.4 is 4.74 Å². The van der Waals surface area contributed by atoms with Crippen LogP contribution in [0.15, 0.2) is 24.3 Å². The van der Waals surface area contributed by atoms with Gasteiger partial charge in [0.2, 0.25) is 0 Å². The molecular formula is C16H23NO3. The molecule has 1 saturated heterocycles. The zero-order valence-electron chi connectivity index (χ0n) is 12.8. The van der Waals surface area contributed by atoms with Crippen LogP contribution in [-0.2, 0) is 4.79 Å².